The Morgan fingerprint density at radius 2 is 1.83 bits per heavy atom. The molecule has 0 saturated carbocycles. The van der Waals surface area contributed by atoms with E-state index in [4.69, 9.17) is 9.47 Å². The SMILES string of the molecule is C=CCCCCOC(=O)[C@@H]1[C@H]2C(=O)N([C@@H](CO)C(C)C)C(C(=O)N(CC=C)C(C)(C)CC(C)(C)C)C23CC[C@@]1(CC)O3. The van der Waals surface area contributed by atoms with E-state index in [1.807, 2.05) is 31.7 Å². The second-order valence-electron chi connectivity index (χ2n) is 14.8. The van der Waals surface area contributed by atoms with Crippen molar-refractivity contribution < 1.29 is 29.0 Å². The van der Waals surface area contributed by atoms with Crippen LogP contribution in [0.5, 0.6) is 0 Å². The first kappa shape index (κ1) is 34.3. The van der Waals surface area contributed by atoms with Gasteiger partial charge in [0, 0.05) is 12.1 Å². The third kappa shape index (κ3) is 6.08. The van der Waals surface area contributed by atoms with Crippen LogP contribution in [-0.4, -0.2) is 81.3 Å². The summed E-state index contributed by atoms with van der Waals surface area (Å²) in [5.41, 5.74) is -2.64. The molecule has 8 nitrogen and oxygen atoms in total. The van der Waals surface area contributed by atoms with Crippen LogP contribution in [0.1, 0.15) is 100 Å². The Balaban J connectivity index is 2.12. The normalized spacial score (nSPS) is 29.5. The molecule has 238 valence electrons. The maximum atomic E-state index is 14.9. The lowest BCUT2D eigenvalue weighted by atomic mass is 9.65. The Labute approximate surface area is 253 Å². The van der Waals surface area contributed by atoms with Gasteiger partial charge < -0.3 is 24.4 Å². The van der Waals surface area contributed by atoms with Gasteiger partial charge in [-0.05, 0) is 70.1 Å². The molecule has 3 heterocycles. The maximum Gasteiger partial charge on any atom is 0.312 e. The number of esters is 1. The first-order valence-corrected chi connectivity index (χ1v) is 15.9. The fourth-order valence-corrected chi connectivity index (χ4v) is 8.23. The van der Waals surface area contributed by atoms with Crippen molar-refractivity contribution >= 4 is 17.8 Å². The van der Waals surface area contributed by atoms with Crippen LogP contribution >= 0.6 is 0 Å². The summed E-state index contributed by atoms with van der Waals surface area (Å²) in [6.07, 6.45) is 8.30. The van der Waals surface area contributed by atoms with Gasteiger partial charge in [0.05, 0.1) is 30.8 Å². The molecule has 2 bridgehead atoms. The van der Waals surface area contributed by atoms with Gasteiger partial charge in [-0.25, -0.2) is 0 Å². The molecule has 1 N–H and O–H groups in total. The highest BCUT2D eigenvalue weighted by atomic mass is 16.6. The Hall–Kier alpha value is -2.19. The lowest BCUT2D eigenvalue weighted by Crippen LogP contribution is -2.63. The molecule has 1 spiro atoms. The van der Waals surface area contributed by atoms with Gasteiger partial charge in [0.2, 0.25) is 11.8 Å². The lowest BCUT2D eigenvalue weighted by molar-refractivity contribution is -0.165. The molecule has 0 aromatic rings. The molecule has 0 aliphatic carbocycles. The fraction of sp³-hybridized carbons (Fsp3) is 0.794. The third-order valence-electron chi connectivity index (χ3n) is 9.74. The zero-order valence-corrected chi connectivity index (χ0v) is 27.4. The van der Waals surface area contributed by atoms with Gasteiger partial charge in [-0.15, -0.1) is 13.2 Å². The van der Waals surface area contributed by atoms with Crippen LogP contribution in [0, 0.1) is 23.2 Å². The average Bonchev–Trinajstić information content (AvgIpc) is 3.49. The number of aliphatic hydroxyl groups is 1. The Bertz CT molecular complexity index is 1030. The monoisotopic (exact) mass is 588 g/mol. The number of amides is 2. The highest BCUT2D eigenvalue weighted by molar-refractivity contribution is 5.99. The van der Waals surface area contributed by atoms with Gasteiger partial charge in [0.1, 0.15) is 17.6 Å². The number of hydrogen-bond donors (Lipinski definition) is 1. The van der Waals surface area contributed by atoms with E-state index in [1.165, 1.54) is 0 Å². The van der Waals surface area contributed by atoms with Crippen LogP contribution in [0.2, 0.25) is 0 Å². The molecular formula is C34H56N2O6. The number of nitrogens with zero attached hydrogens (tertiary/aromatic N) is 2. The van der Waals surface area contributed by atoms with Crippen molar-refractivity contribution in [2.24, 2.45) is 23.2 Å². The lowest BCUT2D eigenvalue weighted by Gasteiger charge is -2.47. The summed E-state index contributed by atoms with van der Waals surface area (Å²) >= 11 is 0. The highest BCUT2D eigenvalue weighted by Gasteiger charge is 2.80. The first-order valence-electron chi connectivity index (χ1n) is 15.9. The van der Waals surface area contributed by atoms with Gasteiger partial charge >= 0.3 is 5.97 Å². The second-order valence-corrected chi connectivity index (χ2v) is 14.8. The number of carbonyl (C=O) groups is 3. The van der Waals surface area contributed by atoms with E-state index in [0.717, 1.165) is 19.3 Å². The molecular weight excluding hydrogens is 532 g/mol. The summed E-state index contributed by atoms with van der Waals surface area (Å²) in [4.78, 5) is 46.7. The van der Waals surface area contributed by atoms with Crippen molar-refractivity contribution in [1.82, 2.24) is 9.80 Å². The van der Waals surface area contributed by atoms with Crippen LogP contribution in [0.25, 0.3) is 0 Å². The molecule has 3 aliphatic heterocycles. The summed E-state index contributed by atoms with van der Waals surface area (Å²) in [6, 6.07) is -1.56. The molecule has 3 saturated heterocycles. The minimum atomic E-state index is -1.17. The van der Waals surface area contributed by atoms with Crippen LogP contribution in [0.15, 0.2) is 25.3 Å². The minimum absolute atomic E-state index is 0.0596. The van der Waals surface area contributed by atoms with Crippen LogP contribution in [0.4, 0.5) is 0 Å². The van der Waals surface area contributed by atoms with E-state index in [-0.39, 0.29) is 36.4 Å². The molecule has 3 aliphatic rings. The van der Waals surface area contributed by atoms with Gasteiger partial charge in [-0.2, -0.15) is 0 Å². The summed E-state index contributed by atoms with van der Waals surface area (Å²) in [5.74, 6) is -2.70. The number of aliphatic hydroxyl groups excluding tert-OH is 1. The molecule has 0 aromatic heterocycles. The van der Waals surface area contributed by atoms with Gasteiger partial charge in [0.15, 0.2) is 0 Å². The molecule has 2 amide bonds. The van der Waals surface area contributed by atoms with Crippen molar-refractivity contribution in [3.05, 3.63) is 25.3 Å². The number of unbranched alkanes of at least 4 members (excludes halogenated alkanes) is 2. The van der Waals surface area contributed by atoms with E-state index in [1.54, 1.807) is 11.0 Å². The van der Waals surface area contributed by atoms with Crippen LogP contribution < -0.4 is 0 Å². The molecule has 6 atom stereocenters. The van der Waals surface area contributed by atoms with Crippen molar-refractivity contribution in [3.63, 3.8) is 0 Å². The maximum absolute atomic E-state index is 14.9. The van der Waals surface area contributed by atoms with Gasteiger partial charge in [0.25, 0.3) is 0 Å². The molecule has 8 heteroatoms. The van der Waals surface area contributed by atoms with Crippen LogP contribution in [-0.2, 0) is 23.9 Å². The zero-order valence-electron chi connectivity index (χ0n) is 27.4. The molecule has 0 radical (unpaired) electrons. The Kier molecular flexibility index (Phi) is 10.5. The van der Waals surface area contributed by atoms with Crippen molar-refractivity contribution in [1.29, 1.82) is 0 Å². The second kappa shape index (κ2) is 12.8. The standard InChI is InChI=1S/C34H56N2O6/c1-11-14-15-16-20-41-30(40)26-25-28(38)36(24(21-37)23(4)5)27(34(25)18-17-33(26,13-3)42-34)29(39)35(19-12-2)32(9,10)22-31(6,7)8/h11-12,23-27,37H,1-2,13-22H2,3-10H3/t24-,25-,26-,27?,33+,34?/m0/s1. The Morgan fingerprint density at radius 3 is 2.36 bits per heavy atom. The van der Waals surface area contributed by atoms with E-state index in [9.17, 15) is 19.5 Å². The summed E-state index contributed by atoms with van der Waals surface area (Å²) in [7, 11) is 0. The number of carbonyl (C=O) groups excluding carboxylic acids is 3. The van der Waals surface area contributed by atoms with Gasteiger partial charge in [-0.3, -0.25) is 14.4 Å². The smallest absolute Gasteiger partial charge is 0.312 e. The summed E-state index contributed by atoms with van der Waals surface area (Å²) < 4.78 is 12.7. The molecule has 0 aromatic carbocycles. The van der Waals surface area contributed by atoms with Crippen molar-refractivity contribution in [2.45, 2.75) is 129 Å². The largest absolute Gasteiger partial charge is 0.465 e. The quantitative estimate of drug-likeness (QED) is 0.159. The number of allylic oxidation sites excluding steroid dienone is 1. The average molecular weight is 589 g/mol. The minimum Gasteiger partial charge on any atom is -0.465 e. The highest BCUT2D eigenvalue weighted by Crippen LogP contribution is 2.65. The summed E-state index contributed by atoms with van der Waals surface area (Å²) in [6.45, 7) is 24.4. The fourth-order valence-electron chi connectivity index (χ4n) is 8.23. The summed E-state index contributed by atoms with van der Waals surface area (Å²) in [5, 5.41) is 10.5. The van der Waals surface area contributed by atoms with E-state index in [2.05, 4.69) is 47.8 Å². The predicted molar refractivity (Wildman–Crippen MR) is 164 cm³/mol. The first-order chi connectivity index (χ1) is 19.6. The number of hydrogen-bond acceptors (Lipinski definition) is 6. The van der Waals surface area contributed by atoms with E-state index >= 15 is 0 Å². The van der Waals surface area contributed by atoms with Gasteiger partial charge in [-0.1, -0.05) is 53.7 Å². The number of likely N-dealkylation sites (tertiary alicyclic amines) is 1. The molecule has 2 unspecified atom stereocenters. The van der Waals surface area contributed by atoms with Crippen molar-refractivity contribution in [2.75, 3.05) is 19.8 Å². The molecule has 42 heavy (non-hydrogen) atoms. The third-order valence-corrected chi connectivity index (χ3v) is 9.74. The van der Waals surface area contributed by atoms with Crippen molar-refractivity contribution in [3.8, 4) is 0 Å². The number of rotatable bonds is 15. The topological polar surface area (TPSA) is 96.4 Å². The van der Waals surface area contributed by atoms with Crippen LogP contribution in [0.3, 0.4) is 0 Å². The number of fused-ring (bicyclic) bond motifs is 1. The van der Waals surface area contributed by atoms with E-state index in [0.29, 0.717) is 32.2 Å². The molecule has 3 rings (SSSR count). The Morgan fingerprint density at radius 1 is 1.17 bits per heavy atom. The zero-order chi connectivity index (χ0) is 31.7. The molecule has 3 fully saturated rings. The predicted octanol–water partition coefficient (Wildman–Crippen LogP) is 5.29. The number of ether oxygens (including phenoxy) is 2. The van der Waals surface area contributed by atoms with E-state index < -0.39 is 46.6 Å².